The molecule has 0 aliphatic carbocycles. The number of ether oxygens (including phenoxy) is 1. The van der Waals surface area contributed by atoms with Gasteiger partial charge in [0.1, 0.15) is 0 Å². The maximum absolute atomic E-state index is 11.6. The molecule has 1 aliphatic rings. The molecular formula is C13H15O3Se. The zero-order valence-corrected chi connectivity index (χ0v) is 11.3. The van der Waals surface area contributed by atoms with Gasteiger partial charge in [-0.05, 0) is 0 Å². The van der Waals surface area contributed by atoms with Gasteiger partial charge in [-0.15, -0.1) is 0 Å². The first-order chi connectivity index (χ1) is 8.09. The molecule has 0 amide bonds. The van der Waals surface area contributed by atoms with Gasteiger partial charge < -0.3 is 0 Å². The minimum absolute atomic E-state index is 0.0544. The van der Waals surface area contributed by atoms with Crippen molar-refractivity contribution in [1.82, 2.24) is 0 Å². The summed E-state index contributed by atoms with van der Waals surface area (Å²) in [5.74, 6) is -0.755. The van der Waals surface area contributed by atoms with E-state index in [1.165, 1.54) is 0 Å². The predicted molar refractivity (Wildman–Crippen MR) is 64.7 cm³/mol. The Balaban J connectivity index is 2.05. The summed E-state index contributed by atoms with van der Waals surface area (Å²) in [5.41, 5.74) is 1.03. The second-order valence-corrected chi connectivity index (χ2v) is 5.53. The quantitative estimate of drug-likeness (QED) is 0.672. The third-order valence-electron chi connectivity index (χ3n) is 3.09. The van der Waals surface area contributed by atoms with Gasteiger partial charge in [0.15, 0.2) is 0 Å². The Morgan fingerprint density at radius 1 is 1.41 bits per heavy atom. The fraction of sp³-hybridized carbons (Fsp3) is 0.462. The SMILES string of the molecule is CC1OC(=O)C(C(O)Cc2ccccc2)C1[Se]. The molecule has 1 radical (unpaired) electrons. The second-order valence-electron chi connectivity index (χ2n) is 4.39. The van der Waals surface area contributed by atoms with Crippen LogP contribution in [-0.4, -0.2) is 39.3 Å². The second kappa shape index (κ2) is 5.21. The van der Waals surface area contributed by atoms with Crippen LogP contribution in [-0.2, 0) is 16.0 Å². The third-order valence-corrected chi connectivity index (χ3v) is 4.51. The summed E-state index contributed by atoms with van der Waals surface area (Å²) in [6, 6.07) is 9.67. The van der Waals surface area contributed by atoms with Gasteiger partial charge in [0.25, 0.3) is 0 Å². The van der Waals surface area contributed by atoms with Crippen LogP contribution in [0.25, 0.3) is 0 Å². The third kappa shape index (κ3) is 2.71. The van der Waals surface area contributed by atoms with Crippen molar-refractivity contribution in [3.8, 4) is 0 Å². The van der Waals surface area contributed by atoms with Crippen LogP contribution >= 0.6 is 0 Å². The van der Waals surface area contributed by atoms with Crippen LogP contribution in [0.4, 0.5) is 0 Å². The Kier molecular flexibility index (Phi) is 3.87. The van der Waals surface area contributed by atoms with Crippen LogP contribution < -0.4 is 0 Å². The Bertz CT molecular complexity index is 393. The monoisotopic (exact) mass is 299 g/mol. The van der Waals surface area contributed by atoms with E-state index in [1.54, 1.807) is 0 Å². The first kappa shape index (κ1) is 12.6. The first-order valence-corrected chi connectivity index (χ1v) is 6.67. The Labute approximate surface area is 109 Å². The normalized spacial score (nSPS) is 30.1. The summed E-state index contributed by atoms with van der Waals surface area (Å²) in [6.45, 7) is 1.84. The number of cyclic esters (lactones) is 1. The van der Waals surface area contributed by atoms with Gasteiger partial charge in [-0.1, -0.05) is 0 Å². The molecule has 0 bridgehead atoms. The van der Waals surface area contributed by atoms with Crippen molar-refractivity contribution in [1.29, 1.82) is 0 Å². The zero-order chi connectivity index (χ0) is 12.4. The molecule has 0 spiro atoms. The summed E-state index contributed by atoms with van der Waals surface area (Å²) in [5, 5.41) is 10.1. The van der Waals surface area contributed by atoms with Gasteiger partial charge in [0, 0.05) is 0 Å². The molecule has 1 aromatic carbocycles. The Morgan fingerprint density at radius 3 is 2.59 bits per heavy atom. The van der Waals surface area contributed by atoms with Gasteiger partial charge in [-0.25, -0.2) is 0 Å². The molecule has 1 N–H and O–H groups in total. The fourth-order valence-electron chi connectivity index (χ4n) is 2.11. The summed E-state index contributed by atoms with van der Waals surface area (Å²) in [4.78, 5) is 11.6. The van der Waals surface area contributed by atoms with Gasteiger partial charge in [-0.2, -0.15) is 0 Å². The van der Waals surface area contributed by atoms with Crippen molar-refractivity contribution in [3.63, 3.8) is 0 Å². The van der Waals surface area contributed by atoms with Crippen LogP contribution in [0.3, 0.4) is 0 Å². The van der Waals surface area contributed by atoms with Crippen LogP contribution in [0, 0.1) is 5.92 Å². The molecule has 4 unspecified atom stereocenters. The van der Waals surface area contributed by atoms with Gasteiger partial charge >= 0.3 is 109 Å². The number of rotatable bonds is 3. The molecule has 17 heavy (non-hydrogen) atoms. The molecule has 1 aliphatic heterocycles. The van der Waals surface area contributed by atoms with Crippen molar-refractivity contribution >= 4 is 22.0 Å². The fourth-order valence-corrected chi connectivity index (χ4v) is 2.84. The summed E-state index contributed by atoms with van der Waals surface area (Å²) in [6.07, 6.45) is -0.370. The number of hydrogen-bond acceptors (Lipinski definition) is 3. The Hall–Kier alpha value is -0.831. The van der Waals surface area contributed by atoms with E-state index in [-0.39, 0.29) is 16.9 Å². The maximum atomic E-state index is 11.6. The van der Waals surface area contributed by atoms with E-state index in [2.05, 4.69) is 16.0 Å². The number of carbonyl (C=O) groups is 1. The molecule has 3 nitrogen and oxygen atoms in total. The molecule has 1 fully saturated rings. The molecule has 2 rings (SSSR count). The van der Waals surface area contributed by atoms with Crippen LogP contribution in [0.15, 0.2) is 30.3 Å². The molecule has 4 atom stereocenters. The van der Waals surface area contributed by atoms with E-state index in [1.807, 2.05) is 37.3 Å². The van der Waals surface area contributed by atoms with Crippen molar-refractivity contribution < 1.29 is 14.6 Å². The number of esters is 1. The number of aliphatic hydroxyl groups is 1. The molecule has 1 aromatic rings. The molecule has 0 saturated carbocycles. The number of benzene rings is 1. The summed E-state index contributed by atoms with van der Waals surface area (Å²) in [7, 11) is 0. The van der Waals surface area contributed by atoms with Crippen molar-refractivity contribution in [2.45, 2.75) is 30.4 Å². The molecular weight excluding hydrogens is 283 g/mol. The number of aliphatic hydroxyl groups excluding tert-OH is 1. The van der Waals surface area contributed by atoms with Crippen LogP contribution in [0.1, 0.15) is 12.5 Å². The standard InChI is InChI=1S/C13H15O3Se/c1-8-12(17)11(13(15)16-8)10(14)7-9-5-3-2-4-6-9/h2-6,8,10-12,14H,7H2,1H3. The van der Waals surface area contributed by atoms with Gasteiger partial charge in [0.05, 0.1) is 0 Å². The molecule has 0 aromatic heterocycles. The molecule has 1 heterocycles. The van der Waals surface area contributed by atoms with E-state index in [0.29, 0.717) is 6.42 Å². The first-order valence-electron chi connectivity index (χ1n) is 5.68. The van der Waals surface area contributed by atoms with Crippen molar-refractivity contribution in [3.05, 3.63) is 35.9 Å². The van der Waals surface area contributed by atoms with Gasteiger partial charge in [0.2, 0.25) is 0 Å². The van der Waals surface area contributed by atoms with E-state index < -0.39 is 12.0 Å². The van der Waals surface area contributed by atoms with Gasteiger partial charge in [-0.3, -0.25) is 0 Å². The summed E-state index contributed by atoms with van der Waals surface area (Å²) >= 11 is 2.93. The Morgan fingerprint density at radius 2 is 2.06 bits per heavy atom. The van der Waals surface area contributed by atoms with E-state index in [4.69, 9.17) is 4.74 Å². The van der Waals surface area contributed by atoms with E-state index in [0.717, 1.165) is 5.56 Å². The van der Waals surface area contributed by atoms with Crippen molar-refractivity contribution in [2.75, 3.05) is 0 Å². The minimum atomic E-state index is -0.693. The number of hydrogen-bond donors (Lipinski definition) is 1. The number of carbonyl (C=O) groups excluding carboxylic acids is 1. The molecule has 91 valence electrons. The van der Waals surface area contributed by atoms with Crippen molar-refractivity contribution in [2.24, 2.45) is 5.92 Å². The van der Waals surface area contributed by atoms with Crippen LogP contribution in [0.5, 0.6) is 0 Å². The summed E-state index contributed by atoms with van der Waals surface area (Å²) < 4.78 is 5.11. The predicted octanol–water partition coefficient (Wildman–Crippen LogP) is 1.11. The van der Waals surface area contributed by atoms with E-state index in [9.17, 15) is 9.90 Å². The topological polar surface area (TPSA) is 46.5 Å². The zero-order valence-electron chi connectivity index (χ0n) is 9.58. The molecule has 4 heteroatoms. The molecule has 1 saturated heterocycles. The van der Waals surface area contributed by atoms with E-state index >= 15 is 0 Å². The average molecular weight is 298 g/mol. The average Bonchev–Trinajstić information content (AvgIpc) is 2.54. The van der Waals surface area contributed by atoms with Crippen LogP contribution in [0.2, 0.25) is 4.82 Å².